The van der Waals surface area contributed by atoms with Crippen molar-refractivity contribution in [2.45, 2.75) is 10.1 Å². The Bertz CT molecular complexity index is 1210. The van der Waals surface area contributed by atoms with Crippen LogP contribution in [-0.4, -0.2) is 24.1 Å². The first-order chi connectivity index (χ1) is 15.1. The van der Waals surface area contributed by atoms with Gasteiger partial charge in [0.25, 0.3) is 0 Å². The zero-order valence-electron chi connectivity index (χ0n) is 16.6. The third-order valence-electron chi connectivity index (χ3n) is 4.40. The number of thiazole rings is 1. The first kappa shape index (κ1) is 20.9. The van der Waals surface area contributed by atoms with Crippen molar-refractivity contribution < 1.29 is 14.3 Å². The number of ether oxygens (including phenoxy) is 1. The molecule has 2 N–H and O–H groups in total. The van der Waals surface area contributed by atoms with Crippen LogP contribution in [0.5, 0.6) is 0 Å². The molecule has 0 aliphatic carbocycles. The molecule has 1 aromatic heterocycles. The number of thioether (sulfide) groups is 1. The van der Waals surface area contributed by atoms with Gasteiger partial charge in [0.15, 0.2) is 4.34 Å². The van der Waals surface area contributed by atoms with Gasteiger partial charge in [-0.1, -0.05) is 42.1 Å². The normalized spacial score (nSPS) is 10.6. The number of rotatable bonds is 6. The summed E-state index contributed by atoms with van der Waals surface area (Å²) >= 11 is 3.30. The number of carbonyl (C=O) groups excluding carboxylic acids is 2. The van der Waals surface area contributed by atoms with Gasteiger partial charge in [-0.2, -0.15) is 0 Å². The van der Waals surface area contributed by atoms with E-state index in [4.69, 9.17) is 0 Å². The Kier molecular flexibility index (Phi) is 6.49. The topological polar surface area (TPSA) is 80.3 Å². The second kappa shape index (κ2) is 9.63. The largest absolute Gasteiger partial charge is 0.465 e. The lowest BCUT2D eigenvalue weighted by Gasteiger charge is -2.08. The highest BCUT2D eigenvalue weighted by atomic mass is 32.2. The van der Waals surface area contributed by atoms with Gasteiger partial charge < -0.3 is 15.4 Å². The molecule has 4 rings (SSSR count). The first-order valence-corrected chi connectivity index (χ1v) is 11.2. The van der Waals surface area contributed by atoms with Gasteiger partial charge in [0.2, 0.25) is 0 Å². The first-order valence-electron chi connectivity index (χ1n) is 9.44. The average Bonchev–Trinajstić information content (AvgIpc) is 3.20. The SMILES string of the molecule is COC(=O)c1ccc(NC(=O)Nc2ccc3nc(SCc4ccccc4)sc3c2)cc1. The standard InChI is InChI=1S/C23H19N3O3S2/c1-29-21(27)16-7-9-17(10-8-16)24-22(28)25-18-11-12-19-20(13-18)31-23(26-19)30-14-15-5-3-2-4-6-15/h2-13H,14H2,1H3,(H2,24,25,28). The molecule has 0 saturated heterocycles. The number of methoxy groups -OCH3 is 1. The van der Waals surface area contributed by atoms with Gasteiger partial charge in [0, 0.05) is 17.1 Å². The van der Waals surface area contributed by atoms with Crippen LogP contribution >= 0.6 is 23.1 Å². The van der Waals surface area contributed by atoms with E-state index in [1.807, 2.05) is 36.4 Å². The van der Waals surface area contributed by atoms with E-state index in [1.54, 1.807) is 47.4 Å². The van der Waals surface area contributed by atoms with Crippen LogP contribution in [0, 0.1) is 0 Å². The Morgan fingerprint density at radius 1 is 0.968 bits per heavy atom. The minimum atomic E-state index is -0.421. The van der Waals surface area contributed by atoms with E-state index in [0.717, 1.165) is 20.3 Å². The van der Waals surface area contributed by atoms with Crippen LogP contribution in [-0.2, 0) is 10.5 Å². The van der Waals surface area contributed by atoms with Crippen LogP contribution in [0.3, 0.4) is 0 Å². The molecule has 6 nitrogen and oxygen atoms in total. The number of anilines is 2. The number of hydrogen-bond donors (Lipinski definition) is 2. The average molecular weight is 450 g/mol. The second-order valence-corrected chi connectivity index (χ2v) is 8.84. The fourth-order valence-corrected chi connectivity index (χ4v) is 4.93. The summed E-state index contributed by atoms with van der Waals surface area (Å²) in [4.78, 5) is 28.5. The molecule has 0 radical (unpaired) electrons. The summed E-state index contributed by atoms with van der Waals surface area (Å²) in [5, 5.41) is 5.58. The molecular formula is C23H19N3O3S2. The Balaban J connectivity index is 1.37. The number of urea groups is 1. The summed E-state index contributed by atoms with van der Waals surface area (Å²) in [6.07, 6.45) is 0. The van der Waals surface area contributed by atoms with Crippen LogP contribution in [0.4, 0.5) is 16.2 Å². The minimum absolute atomic E-state index is 0.367. The predicted octanol–water partition coefficient (Wildman–Crippen LogP) is 6.02. The van der Waals surface area contributed by atoms with Gasteiger partial charge in [-0.25, -0.2) is 14.6 Å². The van der Waals surface area contributed by atoms with Gasteiger partial charge >= 0.3 is 12.0 Å². The van der Waals surface area contributed by atoms with Gasteiger partial charge in [-0.05, 0) is 48.0 Å². The fourth-order valence-electron chi connectivity index (χ4n) is 2.86. The van der Waals surface area contributed by atoms with Crippen LogP contribution < -0.4 is 10.6 Å². The van der Waals surface area contributed by atoms with E-state index in [2.05, 4.69) is 32.5 Å². The maximum absolute atomic E-state index is 12.3. The second-order valence-electron chi connectivity index (χ2n) is 6.58. The van der Waals surface area contributed by atoms with E-state index in [-0.39, 0.29) is 6.03 Å². The number of carbonyl (C=O) groups is 2. The van der Waals surface area contributed by atoms with Crippen LogP contribution in [0.15, 0.2) is 77.1 Å². The molecule has 0 aliphatic rings. The fraction of sp³-hybridized carbons (Fsp3) is 0.0870. The number of aromatic nitrogens is 1. The van der Waals surface area contributed by atoms with Crippen molar-refractivity contribution in [3.63, 3.8) is 0 Å². The summed E-state index contributed by atoms with van der Waals surface area (Å²) in [5.74, 6) is 0.443. The number of nitrogens with one attached hydrogen (secondary N) is 2. The van der Waals surface area contributed by atoms with Gasteiger partial charge in [0.05, 0.1) is 22.9 Å². The molecule has 1 heterocycles. The third kappa shape index (κ3) is 5.42. The molecule has 31 heavy (non-hydrogen) atoms. The van der Waals surface area contributed by atoms with Crippen molar-refractivity contribution in [3.8, 4) is 0 Å². The Hall–Kier alpha value is -3.36. The van der Waals surface area contributed by atoms with Gasteiger partial charge in [-0.3, -0.25) is 0 Å². The van der Waals surface area contributed by atoms with Gasteiger partial charge in [0.1, 0.15) is 0 Å². The Morgan fingerprint density at radius 3 is 2.42 bits per heavy atom. The number of esters is 1. The van der Waals surface area contributed by atoms with E-state index in [0.29, 0.717) is 16.9 Å². The molecule has 156 valence electrons. The molecule has 0 aliphatic heterocycles. The quantitative estimate of drug-likeness (QED) is 0.278. The Morgan fingerprint density at radius 2 is 1.68 bits per heavy atom. The predicted molar refractivity (Wildman–Crippen MR) is 126 cm³/mol. The zero-order valence-corrected chi connectivity index (χ0v) is 18.3. The summed E-state index contributed by atoms with van der Waals surface area (Å²) < 4.78 is 6.67. The molecule has 0 unspecified atom stereocenters. The summed E-state index contributed by atoms with van der Waals surface area (Å²) in [7, 11) is 1.33. The molecule has 0 fully saturated rings. The summed E-state index contributed by atoms with van der Waals surface area (Å²) in [5.41, 5.74) is 3.84. The van der Waals surface area contributed by atoms with Crippen LogP contribution in [0.2, 0.25) is 0 Å². The van der Waals surface area contributed by atoms with Gasteiger partial charge in [-0.15, -0.1) is 11.3 Å². The molecular weight excluding hydrogens is 430 g/mol. The molecule has 3 aromatic carbocycles. The van der Waals surface area contributed by atoms with Crippen molar-refractivity contribution >= 4 is 56.7 Å². The lowest BCUT2D eigenvalue weighted by atomic mass is 10.2. The number of fused-ring (bicyclic) bond motifs is 1. The highest BCUT2D eigenvalue weighted by Gasteiger charge is 2.09. The summed E-state index contributed by atoms with van der Waals surface area (Å²) in [6, 6.07) is 22.0. The zero-order chi connectivity index (χ0) is 21.6. The lowest BCUT2D eigenvalue weighted by Crippen LogP contribution is -2.19. The molecule has 8 heteroatoms. The van der Waals surface area contributed by atoms with Crippen molar-refractivity contribution in [2.24, 2.45) is 0 Å². The van der Waals surface area contributed by atoms with E-state index in [9.17, 15) is 9.59 Å². The van der Waals surface area contributed by atoms with Crippen LogP contribution in [0.25, 0.3) is 10.2 Å². The highest BCUT2D eigenvalue weighted by molar-refractivity contribution is 8.00. The van der Waals surface area contributed by atoms with Crippen molar-refractivity contribution in [1.82, 2.24) is 4.98 Å². The number of nitrogens with zero attached hydrogens (tertiary/aromatic N) is 1. The van der Waals surface area contributed by atoms with Crippen LogP contribution in [0.1, 0.15) is 15.9 Å². The van der Waals surface area contributed by atoms with E-state index >= 15 is 0 Å². The summed E-state index contributed by atoms with van der Waals surface area (Å²) in [6.45, 7) is 0. The molecule has 0 atom stereocenters. The smallest absolute Gasteiger partial charge is 0.337 e. The molecule has 4 aromatic rings. The Labute approximate surface area is 187 Å². The van der Waals surface area contributed by atoms with Crippen molar-refractivity contribution in [2.75, 3.05) is 17.7 Å². The molecule has 0 spiro atoms. The maximum Gasteiger partial charge on any atom is 0.337 e. The molecule has 0 saturated carbocycles. The van der Waals surface area contributed by atoms with Crippen molar-refractivity contribution in [1.29, 1.82) is 0 Å². The lowest BCUT2D eigenvalue weighted by molar-refractivity contribution is 0.0600. The number of hydrogen-bond acceptors (Lipinski definition) is 6. The third-order valence-corrected chi connectivity index (χ3v) is 6.63. The molecule has 0 bridgehead atoms. The molecule has 2 amide bonds. The van der Waals surface area contributed by atoms with E-state index < -0.39 is 5.97 Å². The van der Waals surface area contributed by atoms with E-state index in [1.165, 1.54) is 12.7 Å². The highest BCUT2D eigenvalue weighted by Crippen LogP contribution is 2.33. The maximum atomic E-state index is 12.3. The monoisotopic (exact) mass is 449 g/mol. The number of benzene rings is 3. The van der Waals surface area contributed by atoms with Crippen molar-refractivity contribution in [3.05, 3.63) is 83.9 Å². The number of amides is 2. The minimum Gasteiger partial charge on any atom is -0.465 e.